The molecule has 0 amide bonds. The highest BCUT2D eigenvalue weighted by molar-refractivity contribution is 5.85. The minimum atomic E-state index is -0.0197. The average molecular weight is 432 g/mol. The quantitative estimate of drug-likeness (QED) is 0.313. The first kappa shape index (κ1) is 21.5. The third kappa shape index (κ3) is 3.56. The number of benzene rings is 4. The molecule has 0 atom stereocenters. The number of hydrogen-bond donors (Lipinski definition) is 0. The van der Waals surface area contributed by atoms with Gasteiger partial charge in [0.1, 0.15) is 0 Å². The lowest BCUT2D eigenvalue weighted by Crippen LogP contribution is -2.17. The molecule has 0 saturated carbocycles. The largest absolute Gasteiger partial charge is 0.310 e. The molecule has 0 bridgehead atoms. The Morgan fingerprint density at radius 2 is 1.21 bits per heavy atom. The maximum atomic E-state index is 2.40. The zero-order valence-corrected chi connectivity index (χ0v) is 20.6. The van der Waals surface area contributed by atoms with E-state index in [2.05, 4.69) is 137 Å². The predicted molar refractivity (Wildman–Crippen MR) is 142 cm³/mol. The van der Waals surface area contributed by atoms with Gasteiger partial charge in [0, 0.05) is 22.5 Å². The van der Waals surface area contributed by atoms with Gasteiger partial charge in [0.05, 0.1) is 0 Å². The molecular weight excluding hydrogens is 398 g/mol. The van der Waals surface area contributed by atoms with Crippen LogP contribution >= 0.6 is 0 Å². The van der Waals surface area contributed by atoms with Crippen molar-refractivity contribution >= 4 is 17.1 Å². The van der Waals surface area contributed by atoms with Gasteiger partial charge in [0.25, 0.3) is 0 Å². The highest BCUT2D eigenvalue weighted by atomic mass is 15.1. The summed E-state index contributed by atoms with van der Waals surface area (Å²) < 4.78 is 0. The average Bonchev–Trinajstić information content (AvgIpc) is 3.02. The highest BCUT2D eigenvalue weighted by Crippen LogP contribution is 2.50. The Balaban J connectivity index is 1.71. The van der Waals surface area contributed by atoms with E-state index >= 15 is 0 Å². The Morgan fingerprint density at radius 3 is 1.94 bits per heavy atom. The van der Waals surface area contributed by atoms with Crippen molar-refractivity contribution in [2.24, 2.45) is 0 Å². The molecule has 0 saturated heterocycles. The molecule has 1 nitrogen and oxygen atoms in total. The molecule has 4 aromatic rings. The van der Waals surface area contributed by atoms with Crippen LogP contribution in [0.5, 0.6) is 0 Å². The second-order valence-corrected chi connectivity index (χ2v) is 10.8. The molecule has 5 rings (SSSR count). The molecule has 0 unspecified atom stereocenters. The number of hydrogen-bond acceptors (Lipinski definition) is 1. The molecule has 0 heterocycles. The van der Waals surface area contributed by atoms with Crippen LogP contribution in [-0.2, 0) is 10.8 Å². The van der Waals surface area contributed by atoms with Gasteiger partial charge in [0.2, 0.25) is 0 Å². The minimum Gasteiger partial charge on any atom is -0.310 e. The summed E-state index contributed by atoms with van der Waals surface area (Å²) in [6.45, 7) is 13.8. The molecule has 0 fully saturated rings. The normalized spacial score (nSPS) is 14.0. The minimum absolute atomic E-state index is 0.0197. The van der Waals surface area contributed by atoms with E-state index in [-0.39, 0.29) is 10.8 Å². The van der Waals surface area contributed by atoms with E-state index < -0.39 is 0 Å². The Labute approximate surface area is 198 Å². The highest BCUT2D eigenvalue weighted by Gasteiger charge is 2.35. The van der Waals surface area contributed by atoms with E-state index in [0.29, 0.717) is 0 Å². The maximum Gasteiger partial charge on any atom is 0.0465 e. The summed E-state index contributed by atoms with van der Waals surface area (Å²) in [5.74, 6) is 0. The van der Waals surface area contributed by atoms with E-state index in [0.717, 1.165) is 0 Å². The summed E-state index contributed by atoms with van der Waals surface area (Å²) in [5.41, 5.74) is 11.9. The number of aryl methyl sites for hydroxylation is 1. The van der Waals surface area contributed by atoms with Crippen molar-refractivity contribution in [3.8, 4) is 11.1 Å². The molecular formula is C32H33N. The Morgan fingerprint density at radius 1 is 0.606 bits per heavy atom. The molecule has 0 radical (unpaired) electrons. The molecule has 0 aliphatic heterocycles. The molecule has 0 aromatic heterocycles. The summed E-state index contributed by atoms with van der Waals surface area (Å²) in [6, 6.07) is 33.4. The zero-order valence-electron chi connectivity index (χ0n) is 20.6. The first-order valence-corrected chi connectivity index (χ1v) is 11.9. The van der Waals surface area contributed by atoms with Gasteiger partial charge in [-0.05, 0) is 82.1 Å². The van der Waals surface area contributed by atoms with Crippen LogP contribution < -0.4 is 4.90 Å². The second kappa shape index (κ2) is 7.63. The monoisotopic (exact) mass is 431 g/mol. The summed E-state index contributed by atoms with van der Waals surface area (Å²) in [5, 5.41) is 0. The Bertz CT molecular complexity index is 1320. The SMILES string of the molecule is Cc1ccc(N(c2ccccc2)c2ccc3c(c2)C(C)(C)c2ccccc2-3)cc1C(C)(C)C. The van der Waals surface area contributed by atoms with E-state index in [9.17, 15) is 0 Å². The molecule has 166 valence electrons. The lowest BCUT2D eigenvalue weighted by Gasteiger charge is -2.30. The van der Waals surface area contributed by atoms with E-state index in [1.165, 1.54) is 50.4 Å². The lowest BCUT2D eigenvalue weighted by molar-refractivity contribution is 0.586. The van der Waals surface area contributed by atoms with Crippen molar-refractivity contribution in [3.63, 3.8) is 0 Å². The van der Waals surface area contributed by atoms with Crippen LogP contribution in [0.3, 0.4) is 0 Å². The fraction of sp³-hybridized carbons (Fsp3) is 0.250. The molecule has 4 aromatic carbocycles. The summed E-state index contributed by atoms with van der Waals surface area (Å²) in [7, 11) is 0. The van der Waals surface area contributed by atoms with E-state index in [1.54, 1.807) is 0 Å². The standard InChI is InChI=1S/C32H33N/c1-22-16-17-24(20-29(22)31(2,3)4)33(23-12-8-7-9-13-23)25-18-19-27-26-14-10-11-15-28(26)32(5,6)30(27)21-25/h7-21H,1-6H3. The fourth-order valence-corrected chi connectivity index (χ4v) is 5.41. The third-order valence-corrected chi connectivity index (χ3v) is 7.13. The van der Waals surface area contributed by atoms with Crippen molar-refractivity contribution in [2.75, 3.05) is 4.90 Å². The first-order valence-electron chi connectivity index (χ1n) is 11.9. The van der Waals surface area contributed by atoms with Gasteiger partial charge < -0.3 is 4.90 Å². The number of fused-ring (bicyclic) bond motifs is 3. The van der Waals surface area contributed by atoms with Crippen molar-refractivity contribution in [1.82, 2.24) is 0 Å². The summed E-state index contributed by atoms with van der Waals surface area (Å²) >= 11 is 0. The predicted octanol–water partition coefficient (Wildman–Crippen LogP) is 9.07. The van der Waals surface area contributed by atoms with Crippen molar-refractivity contribution in [1.29, 1.82) is 0 Å². The van der Waals surface area contributed by atoms with Crippen LogP contribution in [0.4, 0.5) is 17.1 Å². The Kier molecular flexibility index (Phi) is 4.97. The van der Waals surface area contributed by atoms with Gasteiger partial charge >= 0.3 is 0 Å². The van der Waals surface area contributed by atoms with Crippen LogP contribution in [0.15, 0.2) is 91.0 Å². The van der Waals surface area contributed by atoms with Crippen LogP contribution in [0, 0.1) is 6.92 Å². The van der Waals surface area contributed by atoms with Gasteiger partial charge in [-0.1, -0.05) is 89.2 Å². The van der Waals surface area contributed by atoms with E-state index in [1.807, 2.05) is 0 Å². The van der Waals surface area contributed by atoms with Crippen LogP contribution in [-0.4, -0.2) is 0 Å². The van der Waals surface area contributed by atoms with Crippen molar-refractivity contribution < 1.29 is 0 Å². The molecule has 1 aliphatic carbocycles. The van der Waals surface area contributed by atoms with Crippen LogP contribution in [0.25, 0.3) is 11.1 Å². The van der Waals surface area contributed by atoms with Crippen molar-refractivity contribution in [2.45, 2.75) is 52.4 Å². The van der Waals surface area contributed by atoms with Gasteiger partial charge in [-0.2, -0.15) is 0 Å². The summed E-state index contributed by atoms with van der Waals surface area (Å²) in [4.78, 5) is 2.40. The topological polar surface area (TPSA) is 3.24 Å². The Hall–Kier alpha value is -3.32. The van der Waals surface area contributed by atoms with Crippen LogP contribution in [0.1, 0.15) is 56.9 Å². The summed E-state index contributed by atoms with van der Waals surface area (Å²) in [6.07, 6.45) is 0. The third-order valence-electron chi connectivity index (χ3n) is 7.13. The second-order valence-electron chi connectivity index (χ2n) is 10.8. The molecule has 0 N–H and O–H groups in total. The zero-order chi connectivity index (χ0) is 23.4. The van der Waals surface area contributed by atoms with Gasteiger partial charge in [0.15, 0.2) is 0 Å². The molecule has 1 aliphatic rings. The van der Waals surface area contributed by atoms with Gasteiger partial charge in [-0.25, -0.2) is 0 Å². The lowest BCUT2D eigenvalue weighted by atomic mass is 9.82. The molecule has 33 heavy (non-hydrogen) atoms. The molecule has 1 heteroatoms. The van der Waals surface area contributed by atoms with Crippen molar-refractivity contribution in [3.05, 3.63) is 113 Å². The van der Waals surface area contributed by atoms with Crippen LogP contribution in [0.2, 0.25) is 0 Å². The number of anilines is 3. The fourth-order valence-electron chi connectivity index (χ4n) is 5.41. The van der Waals surface area contributed by atoms with Gasteiger partial charge in [-0.15, -0.1) is 0 Å². The maximum absolute atomic E-state index is 2.40. The van der Waals surface area contributed by atoms with E-state index in [4.69, 9.17) is 0 Å². The number of para-hydroxylation sites is 1. The van der Waals surface area contributed by atoms with Gasteiger partial charge in [-0.3, -0.25) is 0 Å². The number of rotatable bonds is 3. The number of nitrogens with zero attached hydrogens (tertiary/aromatic N) is 1. The first-order chi connectivity index (χ1) is 15.7. The molecule has 0 spiro atoms. The smallest absolute Gasteiger partial charge is 0.0465 e.